The first-order chi connectivity index (χ1) is 13.0. The molecule has 2 aromatic carbocycles. The number of pyridine rings is 1. The van der Waals surface area contributed by atoms with Crippen molar-refractivity contribution >= 4 is 44.2 Å². The number of nitrogens with zero attached hydrogens (tertiary/aromatic N) is 2. The summed E-state index contributed by atoms with van der Waals surface area (Å²) in [5.74, 6) is -0.430. The number of nitrogens with one attached hydrogen (secondary N) is 1. The highest BCUT2D eigenvalue weighted by molar-refractivity contribution is 7.91. The van der Waals surface area contributed by atoms with Crippen LogP contribution in [0.5, 0.6) is 0 Å². The molecule has 1 atom stereocenters. The van der Waals surface area contributed by atoms with E-state index in [0.29, 0.717) is 10.9 Å². The zero-order valence-corrected chi connectivity index (χ0v) is 15.7. The zero-order chi connectivity index (χ0) is 19.0. The molecule has 0 saturated carbocycles. The molecule has 0 radical (unpaired) electrons. The van der Waals surface area contributed by atoms with Gasteiger partial charge in [-0.1, -0.05) is 48.5 Å². The average Bonchev–Trinajstić information content (AvgIpc) is 2.95. The molecule has 1 N–H and O–H groups in total. The summed E-state index contributed by atoms with van der Waals surface area (Å²) in [6.45, 7) is 0. The molecule has 6 nitrogen and oxygen atoms in total. The maximum absolute atomic E-state index is 13.4. The van der Waals surface area contributed by atoms with Crippen LogP contribution in [0.25, 0.3) is 10.9 Å². The van der Waals surface area contributed by atoms with Crippen molar-refractivity contribution in [2.45, 2.75) is 17.4 Å². The lowest BCUT2D eigenvalue weighted by Crippen LogP contribution is -2.41. The smallest absolute Gasteiger partial charge is 0.268 e. The van der Waals surface area contributed by atoms with Crippen LogP contribution >= 0.6 is 12.2 Å². The summed E-state index contributed by atoms with van der Waals surface area (Å²) in [6, 6.07) is 16.7. The fourth-order valence-corrected chi connectivity index (χ4v) is 5.34. The topological polar surface area (TPSA) is 79.4 Å². The molecule has 1 fully saturated rings. The van der Waals surface area contributed by atoms with E-state index in [-0.39, 0.29) is 16.4 Å². The maximum Gasteiger partial charge on any atom is 0.268 e. The number of amides is 1. The summed E-state index contributed by atoms with van der Waals surface area (Å²) in [5, 5.41) is 3.06. The minimum absolute atomic E-state index is 0.0255. The molecule has 2 heterocycles. The van der Waals surface area contributed by atoms with E-state index in [4.69, 9.17) is 12.2 Å². The Labute approximate surface area is 161 Å². The predicted molar refractivity (Wildman–Crippen MR) is 105 cm³/mol. The van der Waals surface area contributed by atoms with Gasteiger partial charge in [0.2, 0.25) is 0 Å². The minimum atomic E-state index is -4.07. The molecule has 1 aromatic heterocycles. The Hall–Kier alpha value is -2.84. The second-order valence-corrected chi connectivity index (χ2v) is 8.30. The highest BCUT2D eigenvalue weighted by Gasteiger charge is 2.44. The zero-order valence-electron chi connectivity index (χ0n) is 14.1. The van der Waals surface area contributed by atoms with Crippen LogP contribution in [0.3, 0.4) is 0 Å². The summed E-state index contributed by atoms with van der Waals surface area (Å²) in [5.41, 5.74) is 1.19. The van der Waals surface area contributed by atoms with Crippen molar-refractivity contribution < 1.29 is 13.2 Å². The van der Waals surface area contributed by atoms with Gasteiger partial charge in [0.05, 0.1) is 5.52 Å². The number of sulfonamides is 1. The number of hydrogen-bond donors (Lipinski definition) is 1. The first-order valence-corrected chi connectivity index (χ1v) is 10.1. The number of benzene rings is 2. The van der Waals surface area contributed by atoms with E-state index in [1.165, 1.54) is 12.3 Å². The molecule has 1 saturated heterocycles. The van der Waals surface area contributed by atoms with Gasteiger partial charge in [-0.3, -0.25) is 9.78 Å². The first-order valence-electron chi connectivity index (χ1n) is 8.25. The summed E-state index contributed by atoms with van der Waals surface area (Å²) in [6.07, 6.45) is 1.76. The maximum atomic E-state index is 13.4. The third-order valence-electron chi connectivity index (χ3n) is 4.42. The monoisotopic (exact) mass is 397 g/mol. The Bertz CT molecular complexity index is 1140. The van der Waals surface area contributed by atoms with E-state index in [9.17, 15) is 13.2 Å². The van der Waals surface area contributed by atoms with E-state index in [2.05, 4.69) is 10.3 Å². The first kappa shape index (κ1) is 17.6. The molecule has 0 bridgehead atoms. The molecule has 27 heavy (non-hydrogen) atoms. The van der Waals surface area contributed by atoms with E-state index < -0.39 is 22.0 Å². The van der Waals surface area contributed by atoms with E-state index in [1.807, 2.05) is 30.3 Å². The molecule has 1 aliphatic rings. The quantitative estimate of drug-likeness (QED) is 0.683. The third-order valence-corrected chi connectivity index (χ3v) is 6.67. The van der Waals surface area contributed by atoms with Gasteiger partial charge in [0, 0.05) is 18.0 Å². The Balaban J connectivity index is 1.81. The predicted octanol–water partition coefficient (Wildman–Crippen LogP) is 2.25. The Kier molecular flexibility index (Phi) is 4.37. The molecule has 1 amide bonds. The minimum Gasteiger partial charge on any atom is -0.300 e. The molecule has 3 aromatic rings. The molecule has 4 rings (SSSR count). The Morgan fingerprint density at radius 1 is 1.04 bits per heavy atom. The molecule has 0 spiro atoms. The van der Waals surface area contributed by atoms with Gasteiger partial charge in [0.25, 0.3) is 15.9 Å². The lowest BCUT2D eigenvalue weighted by Gasteiger charge is -2.23. The molecule has 0 aliphatic carbocycles. The largest absolute Gasteiger partial charge is 0.300 e. The highest BCUT2D eigenvalue weighted by Crippen LogP contribution is 2.28. The van der Waals surface area contributed by atoms with Crippen molar-refractivity contribution in [3.63, 3.8) is 0 Å². The van der Waals surface area contributed by atoms with Crippen LogP contribution in [0, 0.1) is 0 Å². The van der Waals surface area contributed by atoms with Crippen molar-refractivity contribution in [2.75, 3.05) is 0 Å². The summed E-state index contributed by atoms with van der Waals surface area (Å²) >= 11 is 5.18. The number of fused-ring (bicyclic) bond motifs is 1. The second-order valence-electron chi connectivity index (χ2n) is 6.13. The molecule has 1 aliphatic heterocycles. The van der Waals surface area contributed by atoms with Gasteiger partial charge >= 0.3 is 0 Å². The van der Waals surface area contributed by atoms with Crippen molar-refractivity contribution in [3.05, 3.63) is 72.4 Å². The summed E-state index contributed by atoms with van der Waals surface area (Å²) < 4.78 is 27.8. The number of aromatic nitrogens is 1. The lowest BCUT2D eigenvalue weighted by atomic mass is 10.1. The van der Waals surface area contributed by atoms with Gasteiger partial charge in [-0.15, -0.1) is 0 Å². The molecule has 8 heteroatoms. The molecular formula is C19H15N3O3S2. The van der Waals surface area contributed by atoms with E-state index in [1.54, 1.807) is 24.3 Å². The Morgan fingerprint density at radius 2 is 1.78 bits per heavy atom. The molecule has 1 unspecified atom stereocenters. The van der Waals surface area contributed by atoms with Gasteiger partial charge in [0.15, 0.2) is 5.11 Å². The molecular weight excluding hydrogens is 382 g/mol. The van der Waals surface area contributed by atoms with E-state index in [0.717, 1.165) is 9.87 Å². The number of thiocarbonyl (C=S) groups is 1. The Morgan fingerprint density at radius 3 is 2.56 bits per heavy atom. The third kappa shape index (κ3) is 3.07. The summed E-state index contributed by atoms with van der Waals surface area (Å²) in [7, 11) is -4.07. The standard InChI is InChI=1S/C19H15N3O3S2/c23-18-15(12-13-6-2-1-3-7-13)22(19(26)21-18)27(24,25)16-10-4-8-14-9-5-11-20-17(14)16/h1-11,15H,12H2,(H,21,23,26). The van der Waals surface area contributed by atoms with Crippen LogP contribution in [-0.2, 0) is 21.2 Å². The van der Waals surface area contributed by atoms with Crippen molar-refractivity contribution in [2.24, 2.45) is 0 Å². The number of hydrogen-bond acceptors (Lipinski definition) is 5. The SMILES string of the molecule is O=C1NC(=S)N(S(=O)(=O)c2cccc3cccnc23)C1Cc1ccccc1. The van der Waals surface area contributed by atoms with Gasteiger partial charge in [-0.2, -0.15) is 0 Å². The second kappa shape index (κ2) is 6.71. The fourth-order valence-electron chi connectivity index (χ4n) is 3.17. The lowest BCUT2D eigenvalue weighted by molar-refractivity contribution is -0.120. The van der Waals surface area contributed by atoms with Gasteiger partial charge in [-0.05, 0) is 29.9 Å². The van der Waals surface area contributed by atoms with Crippen LogP contribution in [0.2, 0.25) is 0 Å². The van der Waals surface area contributed by atoms with Crippen LogP contribution in [-0.4, -0.2) is 34.8 Å². The van der Waals surface area contributed by atoms with Crippen molar-refractivity contribution in [1.82, 2.24) is 14.6 Å². The number of carbonyl (C=O) groups excluding carboxylic acids is 1. The number of rotatable bonds is 4. The van der Waals surface area contributed by atoms with Crippen LogP contribution in [0.15, 0.2) is 71.8 Å². The molecule has 136 valence electrons. The number of carbonyl (C=O) groups is 1. The van der Waals surface area contributed by atoms with Crippen LogP contribution in [0.1, 0.15) is 5.56 Å². The van der Waals surface area contributed by atoms with Gasteiger partial charge < -0.3 is 5.32 Å². The van der Waals surface area contributed by atoms with Crippen LogP contribution in [0.4, 0.5) is 0 Å². The van der Waals surface area contributed by atoms with Gasteiger partial charge in [0.1, 0.15) is 10.9 Å². The fraction of sp³-hybridized carbons (Fsp3) is 0.105. The van der Waals surface area contributed by atoms with E-state index >= 15 is 0 Å². The van der Waals surface area contributed by atoms with Crippen molar-refractivity contribution in [3.8, 4) is 0 Å². The average molecular weight is 397 g/mol. The normalized spacial score (nSPS) is 17.3. The summed E-state index contributed by atoms with van der Waals surface area (Å²) in [4.78, 5) is 16.7. The van der Waals surface area contributed by atoms with Gasteiger partial charge in [-0.25, -0.2) is 12.7 Å². The number of para-hydroxylation sites is 1. The highest BCUT2D eigenvalue weighted by atomic mass is 32.2. The van der Waals surface area contributed by atoms with Crippen molar-refractivity contribution in [1.29, 1.82) is 0 Å². The van der Waals surface area contributed by atoms with Crippen LogP contribution < -0.4 is 5.32 Å².